The molecule has 1 aliphatic heterocycles. The zero-order valence-electron chi connectivity index (χ0n) is 12.2. The quantitative estimate of drug-likeness (QED) is 0.925. The van der Waals surface area contributed by atoms with E-state index in [-0.39, 0.29) is 6.10 Å². The molecule has 3 unspecified atom stereocenters. The SMILES string of the molecule is c1ccc(C2CC2NCC2OCCc3ccccc32)cc1. The molecule has 0 saturated heterocycles. The van der Waals surface area contributed by atoms with Gasteiger partial charge in [0.2, 0.25) is 0 Å². The van der Waals surface area contributed by atoms with Crippen molar-refractivity contribution in [2.24, 2.45) is 0 Å². The highest BCUT2D eigenvalue weighted by Gasteiger charge is 2.38. The highest BCUT2D eigenvalue weighted by molar-refractivity contribution is 5.32. The van der Waals surface area contributed by atoms with Crippen molar-refractivity contribution in [3.63, 3.8) is 0 Å². The summed E-state index contributed by atoms with van der Waals surface area (Å²) in [7, 11) is 0. The van der Waals surface area contributed by atoms with Crippen LogP contribution in [0.1, 0.15) is 35.1 Å². The van der Waals surface area contributed by atoms with Gasteiger partial charge in [0.15, 0.2) is 0 Å². The lowest BCUT2D eigenvalue weighted by Gasteiger charge is -2.26. The van der Waals surface area contributed by atoms with Crippen molar-refractivity contribution in [2.75, 3.05) is 13.2 Å². The summed E-state index contributed by atoms with van der Waals surface area (Å²) >= 11 is 0. The lowest BCUT2D eigenvalue weighted by atomic mass is 9.97. The zero-order chi connectivity index (χ0) is 14.1. The smallest absolute Gasteiger partial charge is 0.0952 e. The van der Waals surface area contributed by atoms with E-state index in [1.54, 1.807) is 0 Å². The molecule has 4 rings (SSSR count). The Morgan fingerprint density at radius 3 is 2.71 bits per heavy atom. The average molecular weight is 279 g/mol. The molecule has 2 aliphatic rings. The second-order valence-electron chi connectivity index (χ2n) is 6.08. The van der Waals surface area contributed by atoms with Crippen molar-refractivity contribution >= 4 is 0 Å². The van der Waals surface area contributed by atoms with Gasteiger partial charge in [-0.3, -0.25) is 0 Å². The first-order valence-electron chi connectivity index (χ1n) is 7.89. The molecular formula is C19H21NO. The van der Waals surface area contributed by atoms with Crippen LogP contribution < -0.4 is 5.32 Å². The van der Waals surface area contributed by atoms with E-state index in [2.05, 4.69) is 59.9 Å². The van der Waals surface area contributed by atoms with Gasteiger partial charge in [0.05, 0.1) is 12.7 Å². The Bertz CT molecular complexity index is 610. The van der Waals surface area contributed by atoms with Crippen molar-refractivity contribution in [1.29, 1.82) is 0 Å². The highest BCUT2D eigenvalue weighted by Crippen LogP contribution is 2.41. The van der Waals surface area contributed by atoms with Crippen LogP contribution in [0.3, 0.4) is 0 Å². The van der Waals surface area contributed by atoms with Gasteiger partial charge in [-0.2, -0.15) is 0 Å². The average Bonchev–Trinajstić information content (AvgIpc) is 3.33. The van der Waals surface area contributed by atoms with Crippen molar-refractivity contribution in [3.8, 4) is 0 Å². The van der Waals surface area contributed by atoms with Crippen LogP contribution in [0.5, 0.6) is 0 Å². The van der Waals surface area contributed by atoms with Crippen LogP contribution in [0.4, 0.5) is 0 Å². The molecule has 1 saturated carbocycles. The molecule has 0 amide bonds. The lowest BCUT2D eigenvalue weighted by molar-refractivity contribution is 0.0422. The summed E-state index contributed by atoms with van der Waals surface area (Å²) in [5.41, 5.74) is 4.28. The van der Waals surface area contributed by atoms with Gasteiger partial charge in [-0.05, 0) is 29.5 Å². The second kappa shape index (κ2) is 5.63. The fraction of sp³-hybridized carbons (Fsp3) is 0.368. The van der Waals surface area contributed by atoms with Crippen LogP contribution in [0.2, 0.25) is 0 Å². The van der Waals surface area contributed by atoms with Crippen molar-refractivity contribution < 1.29 is 4.74 Å². The van der Waals surface area contributed by atoms with E-state index in [0.717, 1.165) is 19.6 Å². The van der Waals surface area contributed by atoms with Gasteiger partial charge >= 0.3 is 0 Å². The fourth-order valence-corrected chi connectivity index (χ4v) is 3.39. The highest BCUT2D eigenvalue weighted by atomic mass is 16.5. The Kier molecular flexibility index (Phi) is 3.50. The fourth-order valence-electron chi connectivity index (χ4n) is 3.39. The van der Waals surface area contributed by atoms with Crippen molar-refractivity contribution in [3.05, 3.63) is 71.3 Å². The Morgan fingerprint density at radius 2 is 1.81 bits per heavy atom. The predicted molar refractivity (Wildman–Crippen MR) is 84.4 cm³/mol. The van der Waals surface area contributed by atoms with Crippen LogP contribution in [0.15, 0.2) is 54.6 Å². The largest absolute Gasteiger partial charge is 0.372 e. The Morgan fingerprint density at radius 1 is 1.00 bits per heavy atom. The molecule has 3 atom stereocenters. The summed E-state index contributed by atoms with van der Waals surface area (Å²) in [5.74, 6) is 0.685. The van der Waals surface area contributed by atoms with E-state index in [9.17, 15) is 0 Å². The predicted octanol–water partition coefficient (Wildman–Crippen LogP) is 3.45. The lowest BCUT2D eigenvalue weighted by Crippen LogP contribution is -2.29. The molecule has 2 aromatic rings. The molecule has 2 aromatic carbocycles. The first-order valence-corrected chi connectivity index (χ1v) is 7.89. The van der Waals surface area contributed by atoms with E-state index < -0.39 is 0 Å². The summed E-state index contributed by atoms with van der Waals surface area (Å²) in [6, 6.07) is 20.1. The van der Waals surface area contributed by atoms with Crippen LogP contribution in [0.25, 0.3) is 0 Å². The molecule has 2 nitrogen and oxygen atoms in total. The van der Waals surface area contributed by atoms with Crippen LogP contribution in [-0.2, 0) is 11.2 Å². The summed E-state index contributed by atoms with van der Waals surface area (Å²) in [6.45, 7) is 1.77. The minimum absolute atomic E-state index is 0.215. The number of nitrogens with one attached hydrogen (secondary N) is 1. The molecule has 108 valence electrons. The van der Waals surface area contributed by atoms with Gasteiger partial charge in [0.1, 0.15) is 0 Å². The van der Waals surface area contributed by atoms with Crippen molar-refractivity contribution in [2.45, 2.75) is 30.9 Å². The summed E-state index contributed by atoms with van der Waals surface area (Å²) < 4.78 is 5.96. The van der Waals surface area contributed by atoms with Crippen LogP contribution in [0, 0.1) is 0 Å². The number of ether oxygens (including phenoxy) is 1. The third-order valence-corrected chi connectivity index (χ3v) is 4.68. The minimum atomic E-state index is 0.215. The number of hydrogen-bond donors (Lipinski definition) is 1. The first-order chi connectivity index (χ1) is 10.4. The minimum Gasteiger partial charge on any atom is -0.372 e. The molecule has 2 heteroatoms. The summed E-state index contributed by atoms with van der Waals surface area (Å²) in [5, 5.41) is 3.69. The monoisotopic (exact) mass is 279 g/mol. The van der Waals surface area contributed by atoms with E-state index in [1.165, 1.54) is 23.1 Å². The van der Waals surface area contributed by atoms with Gasteiger partial charge in [-0.15, -0.1) is 0 Å². The second-order valence-corrected chi connectivity index (χ2v) is 6.08. The third kappa shape index (κ3) is 2.74. The van der Waals surface area contributed by atoms with Gasteiger partial charge in [-0.1, -0.05) is 54.6 Å². The number of benzene rings is 2. The van der Waals surface area contributed by atoms with Crippen molar-refractivity contribution in [1.82, 2.24) is 5.32 Å². The van der Waals surface area contributed by atoms with E-state index in [1.807, 2.05) is 0 Å². The maximum atomic E-state index is 5.96. The Hall–Kier alpha value is -1.64. The molecule has 0 spiro atoms. The maximum absolute atomic E-state index is 5.96. The molecule has 0 aromatic heterocycles. The number of hydrogen-bond acceptors (Lipinski definition) is 2. The van der Waals surface area contributed by atoms with Gasteiger partial charge in [-0.25, -0.2) is 0 Å². The van der Waals surface area contributed by atoms with Gasteiger partial charge < -0.3 is 10.1 Å². The van der Waals surface area contributed by atoms with Crippen LogP contribution in [-0.4, -0.2) is 19.2 Å². The Balaban J connectivity index is 1.37. The molecule has 0 bridgehead atoms. The van der Waals surface area contributed by atoms with E-state index >= 15 is 0 Å². The standard InChI is InChI=1S/C19H21NO/c1-2-6-14(7-3-1)17-12-18(17)20-13-19-16-9-5-4-8-15(16)10-11-21-19/h1-9,17-20H,10-13H2. The molecule has 1 aliphatic carbocycles. The van der Waals surface area contributed by atoms with Gasteiger partial charge in [0, 0.05) is 18.5 Å². The number of fused-ring (bicyclic) bond motifs is 1. The van der Waals surface area contributed by atoms with Crippen LogP contribution >= 0.6 is 0 Å². The van der Waals surface area contributed by atoms with E-state index in [4.69, 9.17) is 4.74 Å². The molecule has 0 radical (unpaired) electrons. The maximum Gasteiger partial charge on any atom is 0.0952 e. The third-order valence-electron chi connectivity index (χ3n) is 4.68. The molecule has 1 fully saturated rings. The first kappa shape index (κ1) is 13.1. The molecule has 1 N–H and O–H groups in total. The topological polar surface area (TPSA) is 21.3 Å². The van der Waals surface area contributed by atoms with Gasteiger partial charge in [0.25, 0.3) is 0 Å². The zero-order valence-corrected chi connectivity index (χ0v) is 12.2. The molecule has 1 heterocycles. The van der Waals surface area contributed by atoms with E-state index in [0.29, 0.717) is 12.0 Å². The normalized spacial score (nSPS) is 27.1. The summed E-state index contributed by atoms with van der Waals surface area (Å²) in [4.78, 5) is 0. The summed E-state index contributed by atoms with van der Waals surface area (Å²) in [6.07, 6.45) is 2.51. The molecular weight excluding hydrogens is 258 g/mol. The number of rotatable bonds is 4. The Labute approximate surface area is 126 Å². The molecule has 21 heavy (non-hydrogen) atoms.